The zero-order valence-electron chi connectivity index (χ0n) is 19.4. The minimum absolute atomic E-state index is 0.0828. The summed E-state index contributed by atoms with van der Waals surface area (Å²) in [6.07, 6.45) is -0.249. The molecule has 0 saturated carbocycles. The zero-order valence-corrected chi connectivity index (χ0v) is 21.0. The number of sulfone groups is 1. The van der Waals surface area contributed by atoms with Crippen LogP contribution in [-0.4, -0.2) is 55.2 Å². The van der Waals surface area contributed by atoms with E-state index in [1.165, 1.54) is 0 Å². The second-order valence-corrected chi connectivity index (χ2v) is 11.7. The van der Waals surface area contributed by atoms with Crippen LogP contribution in [0.15, 0.2) is 59.0 Å². The van der Waals surface area contributed by atoms with Crippen molar-refractivity contribution in [1.82, 2.24) is 4.90 Å². The lowest BCUT2D eigenvalue weighted by Crippen LogP contribution is -2.42. The van der Waals surface area contributed by atoms with E-state index in [1.807, 2.05) is 67.3 Å². The summed E-state index contributed by atoms with van der Waals surface area (Å²) in [7, 11) is -3.08. The van der Waals surface area contributed by atoms with Crippen molar-refractivity contribution in [2.75, 3.05) is 24.7 Å². The molecule has 0 amide bonds. The molecule has 8 heteroatoms. The molecule has 6 nitrogen and oxygen atoms in total. The van der Waals surface area contributed by atoms with E-state index in [0.717, 1.165) is 22.4 Å². The average molecular weight is 504 g/mol. The molecule has 2 heterocycles. The maximum Gasteiger partial charge on any atom is 0.151 e. The number of benzene rings is 2. The molecule has 0 aliphatic carbocycles. The number of halogens is 1. The van der Waals surface area contributed by atoms with Crippen LogP contribution in [-0.2, 0) is 16.4 Å². The lowest BCUT2D eigenvalue weighted by atomic mass is 10.1. The van der Waals surface area contributed by atoms with Gasteiger partial charge in [-0.15, -0.1) is 0 Å². The molecule has 0 radical (unpaired) electrons. The Balaban J connectivity index is 1.45. The summed E-state index contributed by atoms with van der Waals surface area (Å²) in [5, 5.41) is 11.4. The minimum Gasteiger partial charge on any atom is -0.491 e. The van der Waals surface area contributed by atoms with Gasteiger partial charge < -0.3 is 14.3 Å². The van der Waals surface area contributed by atoms with Gasteiger partial charge in [-0.3, -0.25) is 4.90 Å². The first-order valence-corrected chi connectivity index (χ1v) is 13.6. The van der Waals surface area contributed by atoms with Crippen LogP contribution in [0.3, 0.4) is 0 Å². The Kier molecular flexibility index (Phi) is 7.67. The number of furan rings is 1. The van der Waals surface area contributed by atoms with Gasteiger partial charge in [-0.2, -0.15) is 0 Å². The highest BCUT2D eigenvalue weighted by Gasteiger charge is 2.33. The van der Waals surface area contributed by atoms with E-state index < -0.39 is 15.9 Å². The number of hydrogen-bond acceptors (Lipinski definition) is 6. The van der Waals surface area contributed by atoms with Gasteiger partial charge in [0.1, 0.15) is 30.0 Å². The van der Waals surface area contributed by atoms with Crippen molar-refractivity contribution in [3.05, 3.63) is 76.5 Å². The first-order valence-electron chi connectivity index (χ1n) is 11.4. The van der Waals surface area contributed by atoms with Gasteiger partial charge >= 0.3 is 0 Å². The Hall–Kier alpha value is -2.32. The van der Waals surface area contributed by atoms with E-state index in [0.29, 0.717) is 29.5 Å². The fourth-order valence-corrected chi connectivity index (χ4v) is 6.29. The lowest BCUT2D eigenvalue weighted by molar-refractivity contribution is 0.0496. The molecule has 2 aromatic carbocycles. The van der Waals surface area contributed by atoms with E-state index in [4.69, 9.17) is 20.8 Å². The molecule has 2 atom stereocenters. The normalized spacial score (nSPS) is 18.3. The zero-order chi connectivity index (χ0) is 24.3. The fraction of sp³-hybridized carbons (Fsp3) is 0.385. The smallest absolute Gasteiger partial charge is 0.151 e. The number of aliphatic hydroxyl groups excluding tert-OH is 1. The molecule has 2 unspecified atom stereocenters. The van der Waals surface area contributed by atoms with Crippen molar-refractivity contribution in [2.45, 2.75) is 39.0 Å². The lowest BCUT2D eigenvalue weighted by Gasteiger charge is -2.29. The molecule has 1 N–H and O–H groups in total. The highest BCUT2D eigenvalue weighted by atomic mass is 35.5. The number of nitrogens with zero attached hydrogens (tertiary/aromatic N) is 1. The second-order valence-electron chi connectivity index (χ2n) is 9.00. The van der Waals surface area contributed by atoms with E-state index in [1.54, 1.807) is 6.07 Å². The molecule has 1 saturated heterocycles. The van der Waals surface area contributed by atoms with Gasteiger partial charge in [-0.25, -0.2) is 8.42 Å². The Morgan fingerprint density at radius 1 is 1.18 bits per heavy atom. The monoisotopic (exact) mass is 503 g/mol. The molecule has 1 aromatic heterocycles. The maximum absolute atomic E-state index is 12.1. The number of ether oxygens (including phenoxy) is 1. The van der Waals surface area contributed by atoms with Crippen LogP contribution in [0.1, 0.15) is 23.3 Å². The van der Waals surface area contributed by atoms with Crippen molar-refractivity contribution >= 4 is 21.4 Å². The highest BCUT2D eigenvalue weighted by molar-refractivity contribution is 7.91. The van der Waals surface area contributed by atoms with Crippen LogP contribution in [0.4, 0.5) is 0 Å². The summed E-state index contributed by atoms with van der Waals surface area (Å²) < 4.78 is 36.2. The third-order valence-corrected chi connectivity index (χ3v) is 8.05. The molecular formula is C26H30ClNO5S. The van der Waals surface area contributed by atoms with Gasteiger partial charge in [0.15, 0.2) is 9.84 Å². The largest absolute Gasteiger partial charge is 0.491 e. The van der Waals surface area contributed by atoms with Crippen molar-refractivity contribution in [3.63, 3.8) is 0 Å². The van der Waals surface area contributed by atoms with Crippen LogP contribution < -0.4 is 4.74 Å². The number of aliphatic hydroxyl groups is 1. The molecule has 1 aliphatic rings. The predicted molar refractivity (Wildman–Crippen MR) is 134 cm³/mol. The second kappa shape index (κ2) is 10.5. The Labute approximate surface area is 206 Å². The summed E-state index contributed by atoms with van der Waals surface area (Å²) in [5.41, 5.74) is 3.03. The fourth-order valence-electron chi connectivity index (χ4n) is 4.34. The van der Waals surface area contributed by atoms with Crippen LogP contribution in [0.25, 0.3) is 11.3 Å². The predicted octanol–water partition coefficient (Wildman–Crippen LogP) is 4.65. The molecule has 1 aliphatic heterocycles. The maximum atomic E-state index is 12.1. The molecule has 0 bridgehead atoms. The molecule has 0 spiro atoms. The van der Waals surface area contributed by atoms with Crippen LogP contribution in [0.5, 0.6) is 5.75 Å². The Bertz CT molecular complexity index is 1240. The van der Waals surface area contributed by atoms with E-state index in [2.05, 4.69) is 0 Å². The highest BCUT2D eigenvalue weighted by Crippen LogP contribution is 2.27. The van der Waals surface area contributed by atoms with E-state index in [9.17, 15) is 13.5 Å². The van der Waals surface area contributed by atoms with Gasteiger partial charge in [0.25, 0.3) is 0 Å². The van der Waals surface area contributed by atoms with Gasteiger partial charge in [0, 0.05) is 23.2 Å². The summed E-state index contributed by atoms with van der Waals surface area (Å²) >= 11 is 6.10. The summed E-state index contributed by atoms with van der Waals surface area (Å²) in [6.45, 7) is 4.77. The topological polar surface area (TPSA) is 80.0 Å². The van der Waals surface area contributed by atoms with Crippen molar-refractivity contribution in [2.24, 2.45) is 0 Å². The van der Waals surface area contributed by atoms with Gasteiger partial charge in [-0.1, -0.05) is 41.4 Å². The first kappa shape index (κ1) is 24.8. The number of aryl methyl sites for hydroxylation is 2. The summed E-state index contributed by atoms with van der Waals surface area (Å²) in [4.78, 5) is 1.99. The van der Waals surface area contributed by atoms with E-state index in [-0.39, 0.29) is 30.7 Å². The Morgan fingerprint density at radius 3 is 2.71 bits per heavy atom. The minimum atomic E-state index is -3.08. The summed E-state index contributed by atoms with van der Waals surface area (Å²) in [6, 6.07) is 16.9. The quantitative estimate of drug-likeness (QED) is 0.458. The Morgan fingerprint density at radius 2 is 2.00 bits per heavy atom. The van der Waals surface area contributed by atoms with Crippen LogP contribution in [0.2, 0.25) is 5.02 Å². The molecule has 182 valence electrons. The molecule has 3 aromatic rings. The molecular weight excluding hydrogens is 474 g/mol. The molecule has 1 fully saturated rings. The average Bonchev–Trinajstić information content (AvgIpc) is 3.39. The first-order chi connectivity index (χ1) is 16.2. The standard InChI is InChI=1S/C26H30ClNO5S/c1-18-6-8-25(19(2)12-18)32-16-23(29)14-28(22-10-11-34(30,31)17-22)15-24-7-9-26(33-24)20-4-3-5-21(27)13-20/h3-9,12-13,22-23,29H,10-11,14-17H2,1-2H3. The summed E-state index contributed by atoms with van der Waals surface area (Å²) in [5.74, 6) is 2.36. The van der Waals surface area contributed by atoms with Crippen molar-refractivity contribution in [1.29, 1.82) is 0 Å². The van der Waals surface area contributed by atoms with Crippen LogP contribution in [0, 0.1) is 13.8 Å². The number of hydrogen-bond donors (Lipinski definition) is 1. The third kappa shape index (κ3) is 6.42. The van der Waals surface area contributed by atoms with Gasteiger partial charge in [0.05, 0.1) is 18.1 Å². The van der Waals surface area contributed by atoms with E-state index >= 15 is 0 Å². The molecule has 4 rings (SSSR count). The number of rotatable bonds is 9. The van der Waals surface area contributed by atoms with Gasteiger partial charge in [-0.05, 0) is 56.2 Å². The van der Waals surface area contributed by atoms with Crippen LogP contribution >= 0.6 is 11.6 Å². The van der Waals surface area contributed by atoms with Gasteiger partial charge in [0.2, 0.25) is 0 Å². The molecule has 34 heavy (non-hydrogen) atoms. The third-order valence-electron chi connectivity index (χ3n) is 6.06. The van der Waals surface area contributed by atoms with Crippen molar-refractivity contribution < 1.29 is 22.7 Å². The van der Waals surface area contributed by atoms with Crippen molar-refractivity contribution in [3.8, 4) is 17.1 Å². The SMILES string of the molecule is Cc1ccc(OCC(O)CN(Cc2ccc(-c3cccc(Cl)c3)o2)C2CCS(=O)(=O)C2)c(C)c1.